The third-order valence-electron chi connectivity index (χ3n) is 3.97. The number of rotatable bonds is 7. The number of nitrogens with one attached hydrogen (secondary N) is 1. The van der Waals surface area contributed by atoms with Gasteiger partial charge in [-0.15, -0.1) is 0 Å². The van der Waals surface area contributed by atoms with Gasteiger partial charge >= 0.3 is 0 Å². The van der Waals surface area contributed by atoms with Crippen LogP contribution in [0.15, 0.2) is 30.3 Å². The molecule has 1 saturated heterocycles. The van der Waals surface area contributed by atoms with Crippen LogP contribution < -0.4 is 5.32 Å². The molecule has 1 aliphatic heterocycles. The number of aliphatic hydroxyl groups excluding tert-OH is 1. The molecular formula is C17H28N2O2. The van der Waals surface area contributed by atoms with Gasteiger partial charge in [0.2, 0.25) is 0 Å². The van der Waals surface area contributed by atoms with Crippen molar-refractivity contribution in [2.24, 2.45) is 5.92 Å². The van der Waals surface area contributed by atoms with Gasteiger partial charge in [0.1, 0.15) is 0 Å². The summed E-state index contributed by atoms with van der Waals surface area (Å²) in [5.41, 5.74) is 1.28. The molecule has 21 heavy (non-hydrogen) atoms. The van der Waals surface area contributed by atoms with Crippen LogP contribution in [0.25, 0.3) is 0 Å². The maximum absolute atomic E-state index is 10.2. The highest BCUT2D eigenvalue weighted by atomic mass is 16.5. The minimum atomic E-state index is -0.340. The monoisotopic (exact) mass is 292 g/mol. The van der Waals surface area contributed by atoms with Crippen LogP contribution in [0.5, 0.6) is 0 Å². The van der Waals surface area contributed by atoms with Gasteiger partial charge in [0.25, 0.3) is 0 Å². The fourth-order valence-electron chi connectivity index (χ4n) is 2.81. The maximum atomic E-state index is 10.2. The fraction of sp³-hybridized carbons (Fsp3) is 0.647. The van der Waals surface area contributed by atoms with Crippen molar-refractivity contribution in [1.29, 1.82) is 0 Å². The van der Waals surface area contributed by atoms with Gasteiger partial charge in [-0.3, -0.25) is 4.90 Å². The average Bonchev–Trinajstić information content (AvgIpc) is 2.49. The molecular weight excluding hydrogens is 264 g/mol. The van der Waals surface area contributed by atoms with Crippen molar-refractivity contribution in [3.63, 3.8) is 0 Å². The third-order valence-corrected chi connectivity index (χ3v) is 3.97. The molecule has 118 valence electrons. The number of hydrogen-bond donors (Lipinski definition) is 2. The van der Waals surface area contributed by atoms with E-state index in [1.54, 1.807) is 0 Å². The first-order valence-electron chi connectivity index (χ1n) is 7.93. The molecule has 0 amide bonds. The summed E-state index contributed by atoms with van der Waals surface area (Å²) in [5, 5.41) is 13.8. The van der Waals surface area contributed by atoms with Crippen molar-refractivity contribution in [3.05, 3.63) is 35.9 Å². The molecule has 0 bridgehead atoms. The second kappa shape index (κ2) is 8.49. The molecule has 1 aromatic carbocycles. The van der Waals surface area contributed by atoms with E-state index in [0.29, 0.717) is 12.5 Å². The highest BCUT2D eigenvalue weighted by Gasteiger charge is 2.18. The quantitative estimate of drug-likeness (QED) is 0.802. The van der Waals surface area contributed by atoms with Crippen LogP contribution in [0.4, 0.5) is 0 Å². The van der Waals surface area contributed by atoms with Crippen LogP contribution in [0.1, 0.15) is 25.5 Å². The van der Waals surface area contributed by atoms with Crippen LogP contribution in [-0.4, -0.2) is 55.5 Å². The van der Waals surface area contributed by atoms with E-state index < -0.39 is 0 Å². The summed E-state index contributed by atoms with van der Waals surface area (Å²) in [4.78, 5) is 2.27. The van der Waals surface area contributed by atoms with Gasteiger partial charge in [-0.25, -0.2) is 0 Å². The average molecular weight is 292 g/mol. The summed E-state index contributed by atoms with van der Waals surface area (Å²) in [7, 11) is 0. The Balaban J connectivity index is 1.81. The smallest absolute Gasteiger partial charge is 0.0791 e. The second-order valence-electron chi connectivity index (χ2n) is 6.11. The molecule has 1 aliphatic rings. The lowest BCUT2D eigenvalue weighted by molar-refractivity contribution is 0.0142. The van der Waals surface area contributed by atoms with Crippen molar-refractivity contribution in [3.8, 4) is 0 Å². The van der Waals surface area contributed by atoms with Crippen LogP contribution >= 0.6 is 0 Å². The Morgan fingerprint density at radius 3 is 2.48 bits per heavy atom. The van der Waals surface area contributed by atoms with Gasteiger partial charge in [-0.1, -0.05) is 44.2 Å². The van der Waals surface area contributed by atoms with Gasteiger partial charge < -0.3 is 15.2 Å². The summed E-state index contributed by atoms with van der Waals surface area (Å²) < 4.78 is 5.33. The lowest BCUT2D eigenvalue weighted by atomic mass is 9.96. The zero-order valence-electron chi connectivity index (χ0n) is 13.2. The molecule has 4 nitrogen and oxygen atoms in total. The highest BCUT2D eigenvalue weighted by molar-refractivity contribution is 5.19. The van der Waals surface area contributed by atoms with Crippen molar-refractivity contribution < 1.29 is 9.84 Å². The first kappa shape index (κ1) is 16.4. The minimum Gasteiger partial charge on any atom is -0.390 e. The molecule has 0 aromatic heterocycles. The molecule has 0 aliphatic carbocycles. The number of hydrogen-bond acceptors (Lipinski definition) is 4. The van der Waals surface area contributed by atoms with Crippen molar-refractivity contribution >= 4 is 0 Å². The van der Waals surface area contributed by atoms with Crippen LogP contribution in [-0.2, 0) is 4.74 Å². The SMILES string of the molecule is CC(C)C(NCC(O)CN1CCOCC1)c1ccccc1. The Morgan fingerprint density at radius 2 is 1.86 bits per heavy atom. The third kappa shape index (κ3) is 5.40. The molecule has 4 heteroatoms. The van der Waals surface area contributed by atoms with Gasteiger partial charge in [-0.05, 0) is 11.5 Å². The maximum Gasteiger partial charge on any atom is 0.0791 e. The Labute approximate surface area is 128 Å². The predicted molar refractivity (Wildman–Crippen MR) is 85.3 cm³/mol. The van der Waals surface area contributed by atoms with Crippen LogP contribution in [0.3, 0.4) is 0 Å². The van der Waals surface area contributed by atoms with Crippen molar-refractivity contribution in [2.45, 2.75) is 26.0 Å². The van der Waals surface area contributed by atoms with Gasteiger partial charge in [0.05, 0.1) is 19.3 Å². The van der Waals surface area contributed by atoms with Gasteiger partial charge in [-0.2, -0.15) is 0 Å². The number of aliphatic hydroxyl groups is 1. The van der Waals surface area contributed by atoms with Gasteiger partial charge in [0.15, 0.2) is 0 Å². The van der Waals surface area contributed by atoms with Crippen LogP contribution in [0, 0.1) is 5.92 Å². The Morgan fingerprint density at radius 1 is 1.19 bits per heavy atom. The summed E-state index contributed by atoms with van der Waals surface area (Å²) >= 11 is 0. The minimum absolute atomic E-state index is 0.283. The molecule has 2 N–H and O–H groups in total. The first-order valence-corrected chi connectivity index (χ1v) is 7.93. The zero-order valence-corrected chi connectivity index (χ0v) is 13.2. The number of benzene rings is 1. The highest BCUT2D eigenvalue weighted by Crippen LogP contribution is 2.21. The van der Waals surface area contributed by atoms with E-state index in [1.165, 1.54) is 5.56 Å². The van der Waals surface area contributed by atoms with Crippen molar-refractivity contribution in [2.75, 3.05) is 39.4 Å². The van der Waals surface area contributed by atoms with E-state index in [9.17, 15) is 5.11 Å². The summed E-state index contributed by atoms with van der Waals surface area (Å²) in [6.45, 7) is 9.15. The van der Waals surface area contributed by atoms with Crippen molar-refractivity contribution in [1.82, 2.24) is 10.2 Å². The van der Waals surface area contributed by atoms with E-state index in [2.05, 4.69) is 48.3 Å². The lowest BCUT2D eigenvalue weighted by Crippen LogP contribution is -2.44. The molecule has 2 unspecified atom stereocenters. The number of β-amino-alcohol motifs (C(OH)–C–C–N with tert-alkyl or cyclic N) is 1. The number of nitrogens with zero attached hydrogens (tertiary/aromatic N) is 1. The molecule has 0 radical (unpaired) electrons. The molecule has 1 heterocycles. The molecule has 1 aromatic rings. The largest absolute Gasteiger partial charge is 0.390 e. The Bertz CT molecular complexity index is 391. The van der Waals surface area contributed by atoms with E-state index in [1.807, 2.05) is 6.07 Å². The Kier molecular flexibility index (Phi) is 6.64. The number of ether oxygens (including phenoxy) is 1. The second-order valence-corrected chi connectivity index (χ2v) is 6.11. The summed E-state index contributed by atoms with van der Waals surface area (Å²) in [6, 6.07) is 10.7. The summed E-state index contributed by atoms with van der Waals surface area (Å²) in [6.07, 6.45) is -0.340. The molecule has 2 rings (SSSR count). The molecule has 0 saturated carbocycles. The molecule has 0 spiro atoms. The molecule has 1 fully saturated rings. The van der Waals surface area contributed by atoms with E-state index in [0.717, 1.165) is 32.8 Å². The standard InChI is InChI=1S/C17H28N2O2/c1-14(2)17(15-6-4-3-5-7-15)18-12-16(20)13-19-8-10-21-11-9-19/h3-7,14,16-18,20H,8-13H2,1-2H3. The van der Waals surface area contributed by atoms with E-state index in [-0.39, 0.29) is 12.1 Å². The van der Waals surface area contributed by atoms with E-state index >= 15 is 0 Å². The van der Waals surface area contributed by atoms with Crippen LogP contribution in [0.2, 0.25) is 0 Å². The predicted octanol–water partition coefficient (Wildman–Crippen LogP) is 1.67. The number of morpholine rings is 1. The normalized spacial score (nSPS) is 19.6. The molecule has 2 atom stereocenters. The van der Waals surface area contributed by atoms with Gasteiger partial charge in [0, 0.05) is 32.2 Å². The summed E-state index contributed by atoms with van der Waals surface area (Å²) in [5.74, 6) is 0.489. The Hall–Kier alpha value is -0.940. The van der Waals surface area contributed by atoms with E-state index in [4.69, 9.17) is 4.74 Å². The lowest BCUT2D eigenvalue weighted by Gasteiger charge is -2.30. The topological polar surface area (TPSA) is 44.7 Å². The first-order chi connectivity index (χ1) is 10.2. The zero-order chi connectivity index (χ0) is 15.1. The fourth-order valence-corrected chi connectivity index (χ4v) is 2.81.